The van der Waals surface area contributed by atoms with Crippen molar-refractivity contribution in [1.82, 2.24) is 9.71 Å². The minimum Gasteiger partial charge on any atom is -0.388 e. The first kappa shape index (κ1) is 16.7. The number of nitrogens with one attached hydrogen (secondary N) is 1. The number of aromatic nitrogens is 1. The topological polar surface area (TPSA) is 85.1 Å². The normalized spacial score (nSPS) is 22.9. The lowest BCUT2D eigenvalue weighted by Gasteiger charge is -2.28. The van der Waals surface area contributed by atoms with Crippen molar-refractivity contribution in [2.45, 2.75) is 41.9 Å². The van der Waals surface area contributed by atoms with Crippen LogP contribution in [0.25, 0.3) is 0 Å². The SMILES string of the molecule is CSC1CCC(NS(=O)(=O)c2cccnc2C(N)=S)CC1. The second-order valence-corrected chi connectivity index (χ2v) is 8.31. The molecule has 0 spiro atoms. The molecule has 3 N–H and O–H groups in total. The molecule has 21 heavy (non-hydrogen) atoms. The summed E-state index contributed by atoms with van der Waals surface area (Å²) in [6.45, 7) is 0. The van der Waals surface area contributed by atoms with Crippen molar-refractivity contribution < 1.29 is 8.42 Å². The number of nitrogens with two attached hydrogens (primary N) is 1. The van der Waals surface area contributed by atoms with Crippen LogP contribution in [0.4, 0.5) is 0 Å². The van der Waals surface area contributed by atoms with Crippen molar-refractivity contribution in [3.8, 4) is 0 Å². The van der Waals surface area contributed by atoms with Gasteiger partial charge in [0.05, 0.1) is 0 Å². The number of nitrogens with zero attached hydrogens (tertiary/aromatic N) is 1. The molecule has 0 aromatic carbocycles. The van der Waals surface area contributed by atoms with Crippen molar-refractivity contribution in [2.24, 2.45) is 5.73 Å². The molecular weight excluding hydrogens is 326 g/mol. The molecular formula is C13H19N3O2S3. The van der Waals surface area contributed by atoms with Crippen LogP contribution in [0.2, 0.25) is 0 Å². The second-order valence-electron chi connectivity index (χ2n) is 5.05. The Hall–Kier alpha value is -0.700. The van der Waals surface area contributed by atoms with Gasteiger partial charge in [-0.05, 0) is 44.1 Å². The Balaban J connectivity index is 2.15. The number of thioether (sulfide) groups is 1. The van der Waals surface area contributed by atoms with E-state index in [1.54, 1.807) is 6.07 Å². The third-order valence-corrected chi connectivity index (χ3v) is 6.51. The number of sulfonamides is 1. The Kier molecular flexibility index (Phi) is 5.59. The van der Waals surface area contributed by atoms with Gasteiger partial charge in [0.15, 0.2) is 0 Å². The standard InChI is InChI=1S/C13H19N3O2S3/c1-20-10-6-4-9(5-7-10)16-21(17,18)11-3-2-8-15-12(11)13(14)19/h2-3,8-10,16H,4-7H2,1H3,(H2,14,19). The molecule has 116 valence electrons. The summed E-state index contributed by atoms with van der Waals surface area (Å²) in [5, 5.41) is 0.635. The molecule has 1 aromatic heterocycles. The Morgan fingerprint density at radius 3 is 2.67 bits per heavy atom. The zero-order chi connectivity index (χ0) is 15.5. The maximum Gasteiger partial charge on any atom is 0.243 e. The van der Waals surface area contributed by atoms with Gasteiger partial charge >= 0.3 is 0 Å². The van der Waals surface area contributed by atoms with E-state index < -0.39 is 10.0 Å². The van der Waals surface area contributed by atoms with E-state index in [2.05, 4.69) is 16.0 Å². The van der Waals surface area contributed by atoms with E-state index >= 15 is 0 Å². The van der Waals surface area contributed by atoms with Crippen LogP contribution in [0, 0.1) is 0 Å². The molecule has 2 rings (SSSR count). The predicted octanol–water partition coefficient (Wildman–Crippen LogP) is 1.67. The molecule has 5 nitrogen and oxygen atoms in total. The van der Waals surface area contributed by atoms with Crippen molar-refractivity contribution in [3.05, 3.63) is 24.0 Å². The highest BCUT2D eigenvalue weighted by molar-refractivity contribution is 7.99. The van der Waals surface area contributed by atoms with Gasteiger partial charge in [-0.2, -0.15) is 11.8 Å². The lowest BCUT2D eigenvalue weighted by molar-refractivity contribution is 0.420. The second kappa shape index (κ2) is 7.04. The minimum absolute atomic E-state index is 0.0120. The van der Waals surface area contributed by atoms with Gasteiger partial charge in [-0.3, -0.25) is 4.98 Å². The van der Waals surface area contributed by atoms with E-state index in [1.165, 1.54) is 12.3 Å². The zero-order valence-electron chi connectivity index (χ0n) is 11.8. The third-order valence-electron chi connectivity index (χ3n) is 3.62. The summed E-state index contributed by atoms with van der Waals surface area (Å²) >= 11 is 6.72. The first-order valence-corrected chi connectivity index (χ1v) is 9.92. The van der Waals surface area contributed by atoms with Gasteiger partial charge in [-0.1, -0.05) is 12.2 Å². The van der Waals surface area contributed by atoms with Gasteiger partial charge in [0, 0.05) is 17.5 Å². The van der Waals surface area contributed by atoms with Crippen LogP contribution in [0.15, 0.2) is 23.2 Å². The summed E-state index contributed by atoms with van der Waals surface area (Å²) < 4.78 is 27.8. The van der Waals surface area contributed by atoms with E-state index in [-0.39, 0.29) is 21.6 Å². The monoisotopic (exact) mass is 345 g/mol. The lowest BCUT2D eigenvalue weighted by Crippen LogP contribution is -2.38. The first-order valence-electron chi connectivity index (χ1n) is 6.74. The highest BCUT2D eigenvalue weighted by Gasteiger charge is 2.27. The van der Waals surface area contributed by atoms with Gasteiger partial charge < -0.3 is 5.73 Å². The van der Waals surface area contributed by atoms with Gasteiger partial charge in [0.2, 0.25) is 10.0 Å². The molecule has 8 heteroatoms. The van der Waals surface area contributed by atoms with E-state index in [0.717, 1.165) is 25.7 Å². The Morgan fingerprint density at radius 1 is 1.43 bits per heavy atom. The third kappa shape index (κ3) is 4.15. The van der Waals surface area contributed by atoms with Crippen LogP contribution in [-0.4, -0.2) is 35.9 Å². The van der Waals surface area contributed by atoms with E-state index in [1.807, 2.05) is 11.8 Å². The zero-order valence-corrected chi connectivity index (χ0v) is 14.2. The molecule has 1 aliphatic carbocycles. The molecule has 0 atom stereocenters. The Morgan fingerprint density at radius 2 is 2.10 bits per heavy atom. The minimum atomic E-state index is -3.65. The Bertz CT molecular complexity index is 611. The number of hydrogen-bond acceptors (Lipinski definition) is 5. The molecule has 0 radical (unpaired) electrons. The molecule has 1 aromatic rings. The predicted molar refractivity (Wildman–Crippen MR) is 90.0 cm³/mol. The Labute approximate surface area is 135 Å². The van der Waals surface area contributed by atoms with Crippen molar-refractivity contribution >= 4 is 39.0 Å². The van der Waals surface area contributed by atoms with Crippen LogP contribution < -0.4 is 10.5 Å². The van der Waals surface area contributed by atoms with Gasteiger partial charge in [-0.25, -0.2) is 13.1 Å². The molecule has 0 amide bonds. The molecule has 0 unspecified atom stereocenters. The molecule has 1 saturated carbocycles. The van der Waals surface area contributed by atoms with Crippen LogP contribution in [0.1, 0.15) is 31.4 Å². The van der Waals surface area contributed by atoms with Crippen LogP contribution >= 0.6 is 24.0 Å². The number of pyridine rings is 1. The van der Waals surface area contributed by atoms with E-state index in [0.29, 0.717) is 5.25 Å². The summed E-state index contributed by atoms with van der Waals surface area (Å²) in [6.07, 6.45) is 7.35. The molecule has 0 bridgehead atoms. The largest absolute Gasteiger partial charge is 0.388 e. The van der Waals surface area contributed by atoms with E-state index in [4.69, 9.17) is 18.0 Å². The molecule has 0 saturated heterocycles. The van der Waals surface area contributed by atoms with Crippen LogP contribution in [-0.2, 0) is 10.0 Å². The number of hydrogen-bond donors (Lipinski definition) is 2. The summed E-state index contributed by atoms with van der Waals surface area (Å²) in [5.41, 5.74) is 5.71. The summed E-state index contributed by atoms with van der Waals surface area (Å²) in [5.74, 6) is 0. The molecule has 1 fully saturated rings. The maximum absolute atomic E-state index is 12.5. The summed E-state index contributed by atoms with van der Waals surface area (Å²) in [4.78, 5) is 4.02. The van der Waals surface area contributed by atoms with Crippen LogP contribution in [0.3, 0.4) is 0 Å². The van der Waals surface area contributed by atoms with Crippen molar-refractivity contribution in [1.29, 1.82) is 0 Å². The quantitative estimate of drug-likeness (QED) is 0.790. The van der Waals surface area contributed by atoms with Crippen molar-refractivity contribution in [2.75, 3.05) is 6.26 Å². The smallest absolute Gasteiger partial charge is 0.243 e. The fourth-order valence-electron chi connectivity index (χ4n) is 2.49. The summed E-state index contributed by atoms with van der Waals surface area (Å²) in [6, 6.07) is 3.02. The number of thiocarbonyl (C=S) groups is 1. The van der Waals surface area contributed by atoms with E-state index in [9.17, 15) is 8.42 Å². The average molecular weight is 346 g/mol. The molecule has 1 aliphatic rings. The number of rotatable bonds is 5. The highest BCUT2D eigenvalue weighted by Crippen LogP contribution is 2.27. The van der Waals surface area contributed by atoms with Gasteiger partial charge in [0.1, 0.15) is 15.6 Å². The van der Waals surface area contributed by atoms with Crippen molar-refractivity contribution in [3.63, 3.8) is 0 Å². The highest BCUT2D eigenvalue weighted by atomic mass is 32.2. The first-order chi connectivity index (χ1) is 9.94. The summed E-state index contributed by atoms with van der Waals surface area (Å²) in [7, 11) is -3.65. The molecule has 0 aliphatic heterocycles. The van der Waals surface area contributed by atoms with Gasteiger partial charge in [0.25, 0.3) is 0 Å². The van der Waals surface area contributed by atoms with Crippen LogP contribution in [0.5, 0.6) is 0 Å². The fourth-order valence-corrected chi connectivity index (χ4v) is 4.94. The lowest BCUT2D eigenvalue weighted by atomic mass is 9.96. The fraction of sp³-hybridized carbons (Fsp3) is 0.538. The average Bonchev–Trinajstić information content (AvgIpc) is 2.47. The van der Waals surface area contributed by atoms with Gasteiger partial charge in [-0.15, -0.1) is 0 Å². The maximum atomic E-state index is 12.5. The molecule has 1 heterocycles.